The van der Waals surface area contributed by atoms with E-state index >= 15 is 0 Å². The van der Waals surface area contributed by atoms with E-state index in [0.29, 0.717) is 5.56 Å². The molecule has 0 spiro atoms. The van der Waals surface area contributed by atoms with Crippen LogP contribution in [0.1, 0.15) is 10.6 Å². The molecule has 12 heteroatoms. The summed E-state index contributed by atoms with van der Waals surface area (Å²) in [5.41, 5.74) is 0.256. The molecule has 152 valence electrons. The van der Waals surface area contributed by atoms with E-state index in [2.05, 4.69) is 10.6 Å². The number of benzene rings is 2. The average molecular weight is 447 g/mol. The average Bonchev–Trinajstić information content (AvgIpc) is 3.19. The third-order valence-corrected chi connectivity index (χ3v) is 4.32. The highest BCUT2D eigenvalue weighted by Crippen LogP contribution is 2.28. The van der Waals surface area contributed by atoms with E-state index in [9.17, 15) is 25.0 Å². The fourth-order valence-electron chi connectivity index (χ4n) is 2.45. The van der Waals surface area contributed by atoms with Gasteiger partial charge in [-0.1, -0.05) is 23.7 Å². The van der Waals surface area contributed by atoms with Gasteiger partial charge in [0.15, 0.2) is 10.9 Å². The molecule has 10 nitrogen and oxygen atoms in total. The summed E-state index contributed by atoms with van der Waals surface area (Å²) in [5, 5.41) is 26.7. The zero-order valence-corrected chi connectivity index (χ0v) is 16.4. The number of rotatable bonds is 5. The van der Waals surface area contributed by atoms with Crippen molar-refractivity contribution in [3.63, 3.8) is 0 Å². The summed E-state index contributed by atoms with van der Waals surface area (Å²) in [4.78, 5) is 33.0. The number of furan rings is 1. The molecular formula is C18H11ClN4O6S. The second-order valence-electron chi connectivity index (χ2n) is 5.80. The number of nitrogens with zero attached hydrogens (tertiary/aromatic N) is 2. The van der Waals surface area contributed by atoms with Gasteiger partial charge in [0.2, 0.25) is 0 Å². The first-order valence-electron chi connectivity index (χ1n) is 8.15. The van der Waals surface area contributed by atoms with Crippen LogP contribution in [-0.2, 0) is 0 Å². The Morgan fingerprint density at radius 3 is 2.50 bits per heavy atom. The maximum Gasteiger partial charge on any atom is 0.293 e. The summed E-state index contributed by atoms with van der Waals surface area (Å²) in [6, 6.07) is 12.6. The molecule has 0 aliphatic carbocycles. The number of carbonyl (C=O) groups is 1. The van der Waals surface area contributed by atoms with Gasteiger partial charge in [-0.3, -0.25) is 30.3 Å². The summed E-state index contributed by atoms with van der Waals surface area (Å²) < 4.78 is 5.45. The standard InChI is InChI=1S/C18H11ClN4O6S/c19-13-5-4-11(9-14(13)23(27)28)20-18(30)21-17(24)16-7-6-15(29-16)10-2-1-3-12(8-10)22(25)26/h1-9H,(H2,20,21,24,30). The number of nitrogens with one attached hydrogen (secondary N) is 2. The Morgan fingerprint density at radius 2 is 1.80 bits per heavy atom. The van der Waals surface area contributed by atoms with Gasteiger partial charge < -0.3 is 9.73 Å². The van der Waals surface area contributed by atoms with E-state index in [4.69, 9.17) is 28.2 Å². The zero-order chi connectivity index (χ0) is 21.8. The highest BCUT2D eigenvalue weighted by atomic mass is 35.5. The van der Waals surface area contributed by atoms with Crippen LogP contribution in [0.3, 0.4) is 0 Å². The first kappa shape index (κ1) is 20.9. The number of non-ortho nitro benzene ring substituents is 1. The van der Waals surface area contributed by atoms with Crippen LogP contribution in [0.25, 0.3) is 11.3 Å². The molecule has 0 bridgehead atoms. The van der Waals surface area contributed by atoms with Gasteiger partial charge in [-0.25, -0.2) is 0 Å². The molecular weight excluding hydrogens is 436 g/mol. The highest BCUT2D eigenvalue weighted by molar-refractivity contribution is 7.80. The number of nitro benzene ring substituents is 2. The molecule has 0 aliphatic rings. The number of hydrogen-bond acceptors (Lipinski definition) is 7. The quantitative estimate of drug-likeness (QED) is 0.330. The largest absolute Gasteiger partial charge is 0.451 e. The van der Waals surface area contributed by atoms with Gasteiger partial charge in [-0.2, -0.15) is 0 Å². The van der Waals surface area contributed by atoms with Gasteiger partial charge in [0.25, 0.3) is 17.3 Å². The van der Waals surface area contributed by atoms with Crippen molar-refractivity contribution in [2.24, 2.45) is 0 Å². The van der Waals surface area contributed by atoms with Crippen LogP contribution in [0.2, 0.25) is 5.02 Å². The minimum Gasteiger partial charge on any atom is -0.451 e. The molecule has 1 amide bonds. The Labute approximate surface area is 178 Å². The number of hydrogen-bond donors (Lipinski definition) is 2. The van der Waals surface area contributed by atoms with Gasteiger partial charge in [0, 0.05) is 29.4 Å². The van der Waals surface area contributed by atoms with Crippen molar-refractivity contribution < 1.29 is 19.1 Å². The monoisotopic (exact) mass is 446 g/mol. The van der Waals surface area contributed by atoms with E-state index in [1.165, 1.54) is 48.5 Å². The number of halogens is 1. The minimum absolute atomic E-state index is 0.0373. The van der Waals surface area contributed by atoms with Crippen molar-refractivity contribution in [2.75, 3.05) is 5.32 Å². The lowest BCUT2D eigenvalue weighted by molar-refractivity contribution is -0.384. The van der Waals surface area contributed by atoms with Gasteiger partial charge >= 0.3 is 0 Å². The Bertz CT molecular complexity index is 1180. The number of carbonyl (C=O) groups excluding carboxylic acids is 1. The van der Waals surface area contributed by atoms with Crippen molar-refractivity contribution >= 4 is 51.9 Å². The second-order valence-corrected chi connectivity index (χ2v) is 6.62. The third-order valence-electron chi connectivity index (χ3n) is 3.80. The van der Waals surface area contributed by atoms with Crippen LogP contribution in [0.15, 0.2) is 59.0 Å². The fourth-order valence-corrected chi connectivity index (χ4v) is 2.84. The summed E-state index contributed by atoms with van der Waals surface area (Å²) in [5.74, 6) is -0.494. The summed E-state index contributed by atoms with van der Waals surface area (Å²) in [6.45, 7) is 0. The Balaban J connectivity index is 1.69. The molecule has 0 fully saturated rings. The molecule has 0 saturated carbocycles. The predicted molar refractivity (Wildman–Crippen MR) is 113 cm³/mol. The normalized spacial score (nSPS) is 10.3. The number of nitro groups is 2. The first-order valence-corrected chi connectivity index (χ1v) is 8.94. The van der Waals surface area contributed by atoms with Gasteiger partial charge in [0.05, 0.1) is 9.85 Å². The van der Waals surface area contributed by atoms with Crippen LogP contribution in [0.4, 0.5) is 17.1 Å². The summed E-state index contributed by atoms with van der Waals surface area (Å²) in [7, 11) is 0. The maximum absolute atomic E-state index is 12.3. The first-order chi connectivity index (χ1) is 14.2. The second kappa shape index (κ2) is 8.68. The Morgan fingerprint density at radius 1 is 1.03 bits per heavy atom. The van der Waals surface area contributed by atoms with E-state index < -0.39 is 15.8 Å². The summed E-state index contributed by atoms with van der Waals surface area (Å²) >= 11 is 10.8. The Kier molecular flexibility index (Phi) is 6.04. The van der Waals surface area contributed by atoms with Crippen molar-refractivity contribution in [3.05, 3.63) is 85.6 Å². The molecule has 3 rings (SSSR count). The molecule has 2 aromatic carbocycles. The molecule has 1 aromatic heterocycles. The maximum atomic E-state index is 12.3. The molecule has 0 unspecified atom stereocenters. The highest BCUT2D eigenvalue weighted by Gasteiger charge is 2.17. The lowest BCUT2D eigenvalue weighted by atomic mass is 10.1. The van der Waals surface area contributed by atoms with Gasteiger partial charge in [-0.05, 0) is 36.5 Å². The van der Waals surface area contributed by atoms with Gasteiger partial charge in [0.1, 0.15) is 10.8 Å². The lowest BCUT2D eigenvalue weighted by Gasteiger charge is -2.08. The van der Waals surface area contributed by atoms with Crippen LogP contribution >= 0.6 is 23.8 Å². The van der Waals surface area contributed by atoms with E-state index in [1.54, 1.807) is 6.07 Å². The summed E-state index contributed by atoms with van der Waals surface area (Å²) in [6.07, 6.45) is 0. The molecule has 0 aliphatic heterocycles. The molecule has 2 N–H and O–H groups in total. The fraction of sp³-hybridized carbons (Fsp3) is 0. The van der Waals surface area contributed by atoms with E-state index in [1.807, 2.05) is 0 Å². The number of anilines is 1. The molecule has 1 heterocycles. The SMILES string of the molecule is O=C(NC(=S)Nc1ccc(Cl)c([N+](=O)[O-])c1)c1ccc(-c2cccc([N+](=O)[O-])c2)o1. The van der Waals surface area contributed by atoms with Crippen molar-refractivity contribution in [3.8, 4) is 11.3 Å². The molecule has 0 atom stereocenters. The smallest absolute Gasteiger partial charge is 0.293 e. The van der Waals surface area contributed by atoms with Crippen LogP contribution < -0.4 is 10.6 Å². The third kappa shape index (κ3) is 4.77. The predicted octanol–water partition coefficient (Wildman–Crippen LogP) is 4.54. The van der Waals surface area contributed by atoms with Crippen molar-refractivity contribution in [2.45, 2.75) is 0 Å². The van der Waals surface area contributed by atoms with Crippen LogP contribution in [0.5, 0.6) is 0 Å². The van der Waals surface area contributed by atoms with Gasteiger partial charge in [-0.15, -0.1) is 0 Å². The van der Waals surface area contributed by atoms with Crippen molar-refractivity contribution in [1.29, 1.82) is 0 Å². The van der Waals surface area contributed by atoms with E-state index in [-0.39, 0.29) is 38.7 Å². The number of amides is 1. The van der Waals surface area contributed by atoms with Crippen LogP contribution in [-0.4, -0.2) is 20.9 Å². The van der Waals surface area contributed by atoms with Crippen LogP contribution in [0, 0.1) is 20.2 Å². The van der Waals surface area contributed by atoms with Crippen molar-refractivity contribution in [1.82, 2.24) is 5.32 Å². The lowest BCUT2D eigenvalue weighted by Crippen LogP contribution is -2.33. The molecule has 3 aromatic rings. The molecule has 30 heavy (non-hydrogen) atoms. The Hall–Kier alpha value is -3.83. The molecule has 0 saturated heterocycles. The van der Waals surface area contributed by atoms with E-state index in [0.717, 1.165) is 0 Å². The molecule has 0 radical (unpaired) electrons. The number of thiocarbonyl (C=S) groups is 1. The minimum atomic E-state index is -0.673. The zero-order valence-electron chi connectivity index (χ0n) is 14.8. The topological polar surface area (TPSA) is 141 Å².